The lowest BCUT2D eigenvalue weighted by atomic mass is 10.3. The van der Waals surface area contributed by atoms with Gasteiger partial charge in [0.05, 0.1) is 23.7 Å². The van der Waals surface area contributed by atoms with Gasteiger partial charge in [-0.1, -0.05) is 23.7 Å². The fourth-order valence-electron chi connectivity index (χ4n) is 1.51. The van der Waals surface area contributed by atoms with E-state index in [0.29, 0.717) is 34.7 Å². The number of nitrogens with zero attached hydrogens (tertiary/aromatic N) is 1. The van der Waals surface area contributed by atoms with Crippen molar-refractivity contribution >= 4 is 34.0 Å². The highest BCUT2D eigenvalue weighted by atomic mass is 35.5. The molecule has 1 aromatic heterocycles. The highest BCUT2D eigenvalue weighted by Gasteiger charge is 2.05. The Morgan fingerprint density at radius 2 is 2.25 bits per heavy atom. The molecule has 7 heteroatoms. The number of benzene rings is 1. The average Bonchev–Trinajstić information content (AvgIpc) is 2.83. The lowest BCUT2D eigenvalue weighted by molar-refractivity contribution is -0.136. The van der Waals surface area contributed by atoms with Crippen LogP contribution >= 0.6 is 22.9 Å². The molecule has 0 spiro atoms. The number of anilines is 1. The van der Waals surface area contributed by atoms with Gasteiger partial charge in [-0.2, -0.15) is 0 Å². The van der Waals surface area contributed by atoms with Crippen molar-refractivity contribution in [2.75, 3.05) is 18.5 Å². The number of carboxylic acids is 1. The van der Waals surface area contributed by atoms with E-state index in [4.69, 9.17) is 21.4 Å². The van der Waals surface area contributed by atoms with E-state index in [1.807, 2.05) is 12.1 Å². The monoisotopic (exact) mass is 312 g/mol. The molecule has 2 aromatic rings. The van der Waals surface area contributed by atoms with Crippen LogP contribution in [0.25, 0.3) is 0 Å². The minimum Gasteiger partial charge on any atom is -0.490 e. The molecule has 1 aromatic carbocycles. The number of rotatable bonds is 7. The van der Waals surface area contributed by atoms with Crippen LogP contribution in [0.1, 0.15) is 5.69 Å². The number of aromatic nitrogens is 1. The largest absolute Gasteiger partial charge is 0.490 e. The summed E-state index contributed by atoms with van der Waals surface area (Å²) in [6.07, 6.45) is -0.0612. The van der Waals surface area contributed by atoms with Crippen LogP contribution in [0, 0.1) is 0 Å². The molecular weight excluding hydrogens is 300 g/mol. The summed E-state index contributed by atoms with van der Waals surface area (Å²) in [4.78, 5) is 14.7. The van der Waals surface area contributed by atoms with E-state index in [9.17, 15) is 4.79 Å². The van der Waals surface area contributed by atoms with E-state index in [0.717, 1.165) is 0 Å². The number of carbonyl (C=O) groups is 1. The number of thiazole rings is 1. The molecule has 106 valence electrons. The van der Waals surface area contributed by atoms with Gasteiger partial charge in [0.2, 0.25) is 0 Å². The van der Waals surface area contributed by atoms with E-state index in [1.54, 1.807) is 17.5 Å². The van der Waals surface area contributed by atoms with Crippen LogP contribution < -0.4 is 10.1 Å². The third-order valence-electron chi connectivity index (χ3n) is 2.36. The molecule has 0 aliphatic rings. The van der Waals surface area contributed by atoms with Crippen LogP contribution in [0.2, 0.25) is 5.02 Å². The Morgan fingerprint density at radius 3 is 3.00 bits per heavy atom. The van der Waals surface area contributed by atoms with Crippen molar-refractivity contribution in [3.8, 4) is 5.75 Å². The Bertz CT molecular complexity index is 589. The summed E-state index contributed by atoms with van der Waals surface area (Å²) >= 11 is 7.33. The number of hydrogen-bond donors (Lipinski definition) is 2. The van der Waals surface area contributed by atoms with Crippen molar-refractivity contribution < 1.29 is 14.6 Å². The van der Waals surface area contributed by atoms with Gasteiger partial charge < -0.3 is 15.2 Å². The normalized spacial score (nSPS) is 10.2. The summed E-state index contributed by atoms with van der Waals surface area (Å²) in [6, 6.07) is 7.26. The van der Waals surface area contributed by atoms with Gasteiger partial charge in [0.25, 0.3) is 0 Å². The van der Waals surface area contributed by atoms with Crippen LogP contribution in [-0.2, 0) is 11.2 Å². The predicted octanol–water partition coefficient (Wildman–Crippen LogP) is 2.91. The smallest absolute Gasteiger partial charge is 0.309 e. The number of halogens is 1. The standard InChI is InChI=1S/C13H13ClN2O3S/c14-10-3-1-2-4-11(10)19-6-5-15-13-16-9(8-20-13)7-12(17)18/h1-4,8H,5-7H2,(H,15,16)(H,17,18). The SMILES string of the molecule is O=C(O)Cc1csc(NCCOc2ccccc2Cl)n1. The highest BCUT2D eigenvalue weighted by Crippen LogP contribution is 2.23. The van der Waals surface area contributed by atoms with Crippen molar-refractivity contribution in [2.45, 2.75) is 6.42 Å². The minimum atomic E-state index is -0.885. The van der Waals surface area contributed by atoms with Crippen LogP contribution in [0.3, 0.4) is 0 Å². The molecule has 0 aliphatic carbocycles. The van der Waals surface area contributed by atoms with Gasteiger partial charge in [-0.15, -0.1) is 11.3 Å². The Balaban J connectivity index is 1.75. The van der Waals surface area contributed by atoms with Crippen LogP contribution in [-0.4, -0.2) is 29.2 Å². The molecule has 0 aliphatic heterocycles. The zero-order valence-corrected chi connectivity index (χ0v) is 12.1. The van der Waals surface area contributed by atoms with Crippen molar-refractivity contribution in [3.05, 3.63) is 40.4 Å². The number of ether oxygens (including phenoxy) is 1. The molecule has 0 fully saturated rings. The second-order valence-electron chi connectivity index (χ2n) is 3.92. The first kappa shape index (κ1) is 14.6. The number of aliphatic carboxylic acids is 1. The summed E-state index contributed by atoms with van der Waals surface area (Å²) < 4.78 is 5.52. The summed E-state index contributed by atoms with van der Waals surface area (Å²) in [5.74, 6) is -0.245. The van der Waals surface area contributed by atoms with Crippen LogP contribution in [0.4, 0.5) is 5.13 Å². The molecule has 20 heavy (non-hydrogen) atoms. The van der Waals surface area contributed by atoms with Gasteiger partial charge >= 0.3 is 5.97 Å². The lowest BCUT2D eigenvalue weighted by Crippen LogP contribution is -2.11. The minimum absolute atomic E-state index is 0.0612. The molecule has 5 nitrogen and oxygen atoms in total. The number of nitrogens with one attached hydrogen (secondary N) is 1. The summed E-state index contributed by atoms with van der Waals surface area (Å²) in [5, 5.41) is 14.7. The fourth-order valence-corrected chi connectivity index (χ4v) is 2.43. The molecule has 2 rings (SSSR count). The lowest BCUT2D eigenvalue weighted by Gasteiger charge is -2.07. The average molecular weight is 313 g/mol. The molecule has 1 heterocycles. The van der Waals surface area contributed by atoms with Crippen LogP contribution in [0.5, 0.6) is 5.75 Å². The van der Waals surface area contributed by atoms with Gasteiger partial charge in [0.1, 0.15) is 12.4 Å². The maximum absolute atomic E-state index is 10.5. The first-order chi connectivity index (χ1) is 9.65. The number of hydrogen-bond acceptors (Lipinski definition) is 5. The third-order valence-corrected chi connectivity index (χ3v) is 3.52. The molecular formula is C13H13ClN2O3S. The van der Waals surface area contributed by atoms with Gasteiger partial charge in [-0.3, -0.25) is 4.79 Å². The Hall–Kier alpha value is -1.79. The third kappa shape index (κ3) is 4.40. The molecule has 0 radical (unpaired) electrons. The van der Waals surface area contributed by atoms with Crippen molar-refractivity contribution in [1.82, 2.24) is 4.98 Å². The van der Waals surface area contributed by atoms with E-state index in [1.165, 1.54) is 11.3 Å². The van der Waals surface area contributed by atoms with E-state index < -0.39 is 5.97 Å². The maximum atomic E-state index is 10.5. The van der Waals surface area contributed by atoms with Gasteiger partial charge in [-0.05, 0) is 12.1 Å². The molecule has 0 bridgehead atoms. The quantitative estimate of drug-likeness (QED) is 0.769. The number of para-hydroxylation sites is 1. The molecule has 0 saturated carbocycles. The van der Waals surface area contributed by atoms with Crippen LogP contribution in [0.15, 0.2) is 29.6 Å². The van der Waals surface area contributed by atoms with E-state index in [-0.39, 0.29) is 6.42 Å². The zero-order valence-electron chi connectivity index (χ0n) is 10.5. The second-order valence-corrected chi connectivity index (χ2v) is 5.19. The molecule has 0 unspecified atom stereocenters. The van der Waals surface area contributed by atoms with Crippen molar-refractivity contribution in [3.63, 3.8) is 0 Å². The summed E-state index contributed by atoms with van der Waals surface area (Å²) in [6.45, 7) is 1.00. The summed E-state index contributed by atoms with van der Waals surface area (Å²) in [5.41, 5.74) is 0.553. The van der Waals surface area contributed by atoms with E-state index >= 15 is 0 Å². The first-order valence-electron chi connectivity index (χ1n) is 5.92. The van der Waals surface area contributed by atoms with Crippen molar-refractivity contribution in [1.29, 1.82) is 0 Å². The second kappa shape index (κ2) is 7.12. The topological polar surface area (TPSA) is 71.5 Å². The zero-order chi connectivity index (χ0) is 14.4. The van der Waals surface area contributed by atoms with Gasteiger partial charge in [-0.25, -0.2) is 4.98 Å². The Morgan fingerprint density at radius 1 is 1.45 bits per heavy atom. The Kier molecular flexibility index (Phi) is 5.20. The van der Waals surface area contributed by atoms with Gasteiger partial charge in [0.15, 0.2) is 5.13 Å². The van der Waals surface area contributed by atoms with E-state index in [2.05, 4.69) is 10.3 Å². The van der Waals surface area contributed by atoms with Crippen molar-refractivity contribution in [2.24, 2.45) is 0 Å². The molecule has 0 atom stereocenters. The summed E-state index contributed by atoms with van der Waals surface area (Å²) in [7, 11) is 0. The first-order valence-corrected chi connectivity index (χ1v) is 7.18. The maximum Gasteiger partial charge on any atom is 0.309 e. The predicted molar refractivity (Wildman–Crippen MR) is 78.9 cm³/mol. The van der Waals surface area contributed by atoms with Gasteiger partial charge in [0, 0.05) is 5.38 Å². The molecule has 0 amide bonds. The molecule has 0 saturated heterocycles. The Labute approximate surface area is 125 Å². The fraction of sp³-hybridized carbons (Fsp3) is 0.231. The molecule has 2 N–H and O–H groups in total. The number of carboxylic acid groups (broad SMARTS) is 1. The highest BCUT2D eigenvalue weighted by molar-refractivity contribution is 7.13.